The molecule has 0 saturated heterocycles. The summed E-state index contributed by atoms with van der Waals surface area (Å²) in [5.74, 6) is -0.267. The molecule has 20 heavy (non-hydrogen) atoms. The van der Waals surface area contributed by atoms with Gasteiger partial charge in [0.1, 0.15) is 0 Å². The van der Waals surface area contributed by atoms with E-state index in [2.05, 4.69) is 15.5 Å². The van der Waals surface area contributed by atoms with E-state index >= 15 is 0 Å². The highest BCUT2D eigenvalue weighted by molar-refractivity contribution is 5.69. The SMILES string of the molecule is CCCOCCc1nnnn1CC(CC(C)C)C(=O)O. The fraction of sp³-hybridized carbons (Fsp3) is 0.846. The van der Waals surface area contributed by atoms with Crippen molar-refractivity contribution in [1.29, 1.82) is 0 Å². The predicted octanol–water partition coefficient (Wildman–Crippen LogP) is 1.39. The summed E-state index contributed by atoms with van der Waals surface area (Å²) in [4.78, 5) is 11.3. The quantitative estimate of drug-likeness (QED) is 0.653. The van der Waals surface area contributed by atoms with Gasteiger partial charge in [-0.2, -0.15) is 0 Å². The number of carboxylic acids is 1. The molecule has 0 aliphatic heterocycles. The van der Waals surface area contributed by atoms with Crippen LogP contribution in [-0.2, 0) is 22.5 Å². The van der Waals surface area contributed by atoms with Crippen molar-refractivity contribution in [3.05, 3.63) is 5.82 Å². The molecule has 7 heteroatoms. The molecule has 1 aromatic rings. The van der Waals surface area contributed by atoms with Crippen LogP contribution < -0.4 is 0 Å². The Bertz CT molecular complexity index is 406. The topological polar surface area (TPSA) is 90.1 Å². The lowest BCUT2D eigenvalue weighted by atomic mass is 9.97. The third-order valence-electron chi connectivity index (χ3n) is 2.92. The first-order chi connectivity index (χ1) is 9.54. The summed E-state index contributed by atoms with van der Waals surface area (Å²) in [5, 5.41) is 20.7. The van der Waals surface area contributed by atoms with E-state index in [1.165, 1.54) is 0 Å². The maximum absolute atomic E-state index is 11.3. The van der Waals surface area contributed by atoms with Crippen molar-refractivity contribution >= 4 is 5.97 Å². The average molecular weight is 284 g/mol. The smallest absolute Gasteiger partial charge is 0.308 e. The largest absolute Gasteiger partial charge is 0.481 e. The van der Waals surface area contributed by atoms with E-state index in [4.69, 9.17) is 4.74 Å². The summed E-state index contributed by atoms with van der Waals surface area (Å²) in [5.41, 5.74) is 0. The molecule has 0 aliphatic rings. The zero-order valence-electron chi connectivity index (χ0n) is 12.4. The van der Waals surface area contributed by atoms with Crippen LogP contribution in [0.25, 0.3) is 0 Å². The van der Waals surface area contributed by atoms with Crippen molar-refractivity contribution < 1.29 is 14.6 Å². The zero-order chi connectivity index (χ0) is 15.0. The van der Waals surface area contributed by atoms with Crippen LogP contribution in [0.15, 0.2) is 0 Å². The fourth-order valence-corrected chi connectivity index (χ4v) is 1.99. The first-order valence-corrected chi connectivity index (χ1v) is 7.10. The third kappa shape index (κ3) is 5.64. The molecule has 1 rings (SSSR count). The van der Waals surface area contributed by atoms with Gasteiger partial charge in [0.15, 0.2) is 5.82 Å². The van der Waals surface area contributed by atoms with Crippen LogP contribution in [0.3, 0.4) is 0 Å². The number of hydrogen-bond acceptors (Lipinski definition) is 5. The van der Waals surface area contributed by atoms with Crippen molar-refractivity contribution in [2.24, 2.45) is 11.8 Å². The molecule has 0 fully saturated rings. The van der Waals surface area contributed by atoms with Gasteiger partial charge in [-0.15, -0.1) is 5.10 Å². The number of aliphatic carboxylic acids is 1. The molecule has 1 heterocycles. The first-order valence-electron chi connectivity index (χ1n) is 7.10. The Kier molecular flexibility index (Phi) is 7.14. The Balaban J connectivity index is 2.57. The van der Waals surface area contributed by atoms with Gasteiger partial charge in [0.2, 0.25) is 0 Å². The van der Waals surface area contributed by atoms with E-state index in [0.29, 0.717) is 44.3 Å². The molecule has 0 aromatic carbocycles. The molecule has 1 unspecified atom stereocenters. The molecule has 1 N–H and O–H groups in total. The molecule has 0 radical (unpaired) electrons. The second kappa shape index (κ2) is 8.63. The Hall–Kier alpha value is -1.50. The molecule has 0 amide bonds. The first kappa shape index (κ1) is 16.6. The van der Waals surface area contributed by atoms with Gasteiger partial charge in [-0.05, 0) is 29.2 Å². The number of carboxylic acid groups (broad SMARTS) is 1. The number of hydrogen-bond donors (Lipinski definition) is 1. The number of ether oxygens (including phenoxy) is 1. The summed E-state index contributed by atoms with van der Waals surface area (Å²) >= 11 is 0. The highest BCUT2D eigenvalue weighted by atomic mass is 16.5. The molecular formula is C13H24N4O3. The van der Waals surface area contributed by atoms with Crippen LogP contribution in [-0.4, -0.2) is 44.5 Å². The maximum Gasteiger partial charge on any atom is 0.308 e. The Labute approximate surface area is 119 Å². The van der Waals surface area contributed by atoms with Gasteiger partial charge in [0.25, 0.3) is 0 Å². The van der Waals surface area contributed by atoms with Gasteiger partial charge >= 0.3 is 5.97 Å². The van der Waals surface area contributed by atoms with Crippen molar-refractivity contribution in [1.82, 2.24) is 20.2 Å². The average Bonchev–Trinajstić information content (AvgIpc) is 2.81. The van der Waals surface area contributed by atoms with E-state index < -0.39 is 11.9 Å². The Morgan fingerprint density at radius 2 is 2.15 bits per heavy atom. The van der Waals surface area contributed by atoms with Crippen molar-refractivity contribution in [3.8, 4) is 0 Å². The molecule has 0 aliphatic carbocycles. The van der Waals surface area contributed by atoms with Crippen LogP contribution in [0, 0.1) is 11.8 Å². The second-order valence-electron chi connectivity index (χ2n) is 5.30. The van der Waals surface area contributed by atoms with Crippen molar-refractivity contribution in [3.63, 3.8) is 0 Å². The lowest BCUT2D eigenvalue weighted by molar-refractivity contribution is -0.142. The van der Waals surface area contributed by atoms with E-state index in [0.717, 1.165) is 6.42 Å². The van der Waals surface area contributed by atoms with Crippen LogP contribution in [0.1, 0.15) is 39.4 Å². The van der Waals surface area contributed by atoms with Gasteiger partial charge in [-0.1, -0.05) is 20.8 Å². The minimum atomic E-state index is -0.803. The minimum Gasteiger partial charge on any atom is -0.481 e. The molecule has 0 spiro atoms. The molecule has 1 atom stereocenters. The Morgan fingerprint density at radius 1 is 1.40 bits per heavy atom. The van der Waals surface area contributed by atoms with Crippen LogP contribution >= 0.6 is 0 Å². The standard InChI is InChI=1S/C13H24N4O3/c1-4-6-20-7-5-12-14-15-16-17(12)9-11(13(18)19)8-10(2)3/h10-11H,4-9H2,1-3H3,(H,18,19). The van der Waals surface area contributed by atoms with Gasteiger partial charge in [0, 0.05) is 13.0 Å². The van der Waals surface area contributed by atoms with Crippen LogP contribution in [0.5, 0.6) is 0 Å². The van der Waals surface area contributed by atoms with Crippen molar-refractivity contribution in [2.45, 2.75) is 46.6 Å². The highest BCUT2D eigenvalue weighted by Gasteiger charge is 2.21. The normalized spacial score (nSPS) is 12.8. The molecular weight excluding hydrogens is 260 g/mol. The summed E-state index contributed by atoms with van der Waals surface area (Å²) in [6.45, 7) is 7.64. The summed E-state index contributed by atoms with van der Waals surface area (Å²) in [6, 6.07) is 0. The van der Waals surface area contributed by atoms with Gasteiger partial charge in [-0.25, -0.2) is 4.68 Å². The van der Waals surface area contributed by atoms with Gasteiger partial charge < -0.3 is 9.84 Å². The third-order valence-corrected chi connectivity index (χ3v) is 2.92. The second-order valence-corrected chi connectivity index (χ2v) is 5.30. The number of nitrogens with zero attached hydrogens (tertiary/aromatic N) is 4. The van der Waals surface area contributed by atoms with E-state index in [-0.39, 0.29) is 0 Å². The summed E-state index contributed by atoms with van der Waals surface area (Å²) in [6.07, 6.45) is 2.18. The monoisotopic (exact) mass is 284 g/mol. The van der Waals surface area contributed by atoms with Crippen LogP contribution in [0.4, 0.5) is 0 Å². The number of tetrazole rings is 1. The van der Waals surface area contributed by atoms with E-state index in [1.807, 2.05) is 20.8 Å². The minimum absolute atomic E-state index is 0.309. The van der Waals surface area contributed by atoms with Crippen molar-refractivity contribution in [2.75, 3.05) is 13.2 Å². The van der Waals surface area contributed by atoms with E-state index in [1.54, 1.807) is 4.68 Å². The molecule has 0 bridgehead atoms. The predicted molar refractivity (Wildman–Crippen MR) is 73.2 cm³/mol. The molecule has 114 valence electrons. The van der Waals surface area contributed by atoms with E-state index in [9.17, 15) is 9.90 Å². The molecule has 1 aromatic heterocycles. The fourth-order valence-electron chi connectivity index (χ4n) is 1.99. The Morgan fingerprint density at radius 3 is 2.75 bits per heavy atom. The van der Waals surface area contributed by atoms with Crippen LogP contribution in [0.2, 0.25) is 0 Å². The van der Waals surface area contributed by atoms with Gasteiger partial charge in [-0.3, -0.25) is 4.79 Å². The number of carbonyl (C=O) groups is 1. The number of aromatic nitrogens is 4. The summed E-state index contributed by atoms with van der Waals surface area (Å²) in [7, 11) is 0. The maximum atomic E-state index is 11.3. The molecule has 7 nitrogen and oxygen atoms in total. The zero-order valence-corrected chi connectivity index (χ0v) is 12.4. The lowest BCUT2D eigenvalue weighted by Crippen LogP contribution is -2.24. The number of rotatable bonds is 10. The highest BCUT2D eigenvalue weighted by Crippen LogP contribution is 2.14. The summed E-state index contributed by atoms with van der Waals surface area (Å²) < 4.78 is 6.98. The molecule has 0 saturated carbocycles. The lowest BCUT2D eigenvalue weighted by Gasteiger charge is -2.15. The van der Waals surface area contributed by atoms with Gasteiger partial charge in [0.05, 0.1) is 19.1 Å².